The van der Waals surface area contributed by atoms with Gasteiger partial charge in [-0.2, -0.15) is 0 Å². The van der Waals surface area contributed by atoms with Crippen molar-refractivity contribution < 1.29 is 13.3 Å². The summed E-state index contributed by atoms with van der Waals surface area (Å²) in [6.45, 7) is 27.2. The van der Waals surface area contributed by atoms with Gasteiger partial charge in [0, 0.05) is 62.8 Å². The van der Waals surface area contributed by atoms with Crippen molar-refractivity contribution in [1.29, 1.82) is 0 Å². The third kappa shape index (κ3) is 16.4. The monoisotopic (exact) mass is 514 g/mol. The molecule has 7 nitrogen and oxygen atoms in total. The molecular formula is C27H58N4O3Si. The number of rotatable bonds is 19. The van der Waals surface area contributed by atoms with Gasteiger partial charge in [-0.25, -0.2) is 0 Å². The van der Waals surface area contributed by atoms with Crippen LogP contribution in [-0.4, -0.2) is 76.4 Å². The van der Waals surface area contributed by atoms with Crippen LogP contribution in [-0.2, 0) is 13.3 Å². The van der Waals surface area contributed by atoms with Crippen molar-refractivity contribution in [2.24, 2.45) is 15.9 Å². The normalized spacial score (nSPS) is 13.6. The highest BCUT2D eigenvalue weighted by molar-refractivity contribution is 6.60. The molecule has 0 rings (SSSR count). The van der Waals surface area contributed by atoms with E-state index in [1.54, 1.807) is 0 Å². The Morgan fingerprint density at radius 1 is 0.771 bits per heavy atom. The van der Waals surface area contributed by atoms with Crippen molar-refractivity contribution in [3.05, 3.63) is 0 Å². The van der Waals surface area contributed by atoms with E-state index in [2.05, 4.69) is 65.6 Å². The van der Waals surface area contributed by atoms with Gasteiger partial charge in [0.2, 0.25) is 0 Å². The highest BCUT2D eigenvalue weighted by Gasteiger charge is 2.39. The van der Waals surface area contributed by atoms with Crippen molar-refractivity contribution in [2.45, 2.75) is 126 Å². The van der Waals surface area contributed by atoms with Crippen LogP contribution in [0.2, 0.25) is 6.04 Å². The lowest BCUT2D eigenvalue weighted by Crippen LogP contribution is -2.48. The molecule has 0 aliphatic heterocycles. The first-order chi connectivity index (χ1) is 16.5. The van der Waals surface area contributed by atoms with E-state index in [4.69, 9.17) is 23.3 Å². The van der Waals surface area contributed by atoms with Crippen LogP contribution in [0.1, 0.15) is 102 Å². The van der Waals surface area contributed by atoms with Gasteiger partial charge in [-0.1, -0.05) is 13.8 Å². The number of aliphatic imine (C=N–C) groups is 2. The first kappa shape index (κ1) is 34.0. The molecule has 208 valence electrons. The Hall–Kier alpha value is -0.963. The predicted octanol–water partition coefficient (Wildman–Crippen LogP) is 6.17. The van der Waals surface area contributed by atoms with Crippen molar-refractivity contribution in [2.75, 3.05) is 32.9 Å². The van der Waals surface area contributed by atoms with Crippen LogP contribution in [0.25, 0.3) is 0 Å². The molecule has 0 amide bonds. The van der Waals surface area contributed by atoms with Gasteiger partial charge in [-0.05, 0) is 93.9 Å². The summed E-state index contributed by atoms with van der Waals surface area (Å²) in [5, 5.41) is 3.60. The quantitative estimate of drug-likeness (QED) is 0.127. The number of hydrogen-bond acceptors (Lipinski definition) is 5. The van der Waals surface area contributed by atoms with Gasteiger partial charge in [0.05, 0.1) is 0 Å². The van der Waals surface area contributed by atoms with Gasteiger partial charge in [0.15, 0.2) is 5.96 Å². The van der Waals surface area contributed by atoms with Gasteiger partial charge in [0.1, 0.15) is 0 Å². The fourth-order valence-corrected chi connectivity index (χ4v) is 6.65. The van der Waals surface area contributed by atoms with E-state index in [1.807, 2.05) is 20.8 Å². The van der Waals surface area contributed by atoms with Gasteiger partial charge in [0.25, 0.3) is 0 Å². The average molecular weight is 515 g/mol. The van der Waals surface area contributed by atoms with E-state index in [1.165, 1.54) is 5.71 Å². The molecule has 0 aliphatic carbocycles. The molecule has 0 aromatic rings. The SMILES string of the molecule is CCO[Si](CCCN(CCCC(CC(C)C)=NC(C)C)C(=NC(C)C)NC(C)C)(OCC)OCC. The molecule has 0 aromatic carbocycles. The summed E-state index contributed by atoms with van der Waals surface area (Å²) >= 11 is 0. The summed E-state index contributed by atoms with van der Waals surface area (Å²) < 4.78 is 18.2. The smallest absolute Gasteiger partial charge is 0.374 e. The molecule has 1 N–H and O–H groups in total. The molecule has 0 fully saturated rings. The van der Waals surface area contributed by atoms with Crippen molar-refractivity contribution in [3.8, 4) is 0 Å². The molecule has 0 radical (unpaired) electrons. The molecule has 0 bridgehead atoms. The van der Waals surface area contributed by atoms with Crippen LogP contribution in [0.5, 0.6) is 0 Å². The van der Waals surface area contributed by atoms with Crippen molar-refractivity contribution >= 4 is 20.5 Å². The van der Waals surface area contributed by atoms with Gasteiger partial charge < -0.3 is 23.5 Å². The number of nitrogens with one attached hydrogen (secondary N) is 1. The molecule has 0 saturated heterocycles. The standard InChI is InChI=1S/C27H58N4O3Si/c1-12-32-35(33-13-2,34-14-3)20-16-19-31(27(29-24(8)9)30-25(10)11)18-15-17-26(21-22(4)5)28-23(6)7/h22-25H,12-21H2,1-11H3,(H,29,30). The first-order valence-electron chi connectivity index (χ1n) is 14.0. The second kappa shape index (κ2) is 19.2. The summed E-state index contributed by atoms with van der Waals surface area (Å²) in [5.74, 6) is 1.61. The summed E-state index contributed by atoms with van der Waals surface area (Å²) in [4.78, 5) is 12.3. The van der Waals surface area contributed by atoms with E-state index < -0.39 is 8.80 Å². The molecule has 0 atom stereocenters. The highest BCUT2D eigenvalue weighted by Crippen LogP contribution is 2.19. The lowest BCUT2D eigenvalue weighted by Gasteiger charge is -2.32. The summed E-state index contributed by atoms with van der Waals surface area (Å²) in [6, 6.07) is 1.69. The van der Waals surface area contributed by atoms with E-state index in [9.17, 15) is 0 Å². The highest BCUT2D eigenvalue weighted by atomic mass is 28.4. The Kier molecular flexibility index (Phi) is 18.7. The molecule has 0 spiro atoms. The number of hydrogen-bond donors (Lipinski definition) is 1. The summed E-state index contributed by atoms with van der Waals surface area (Å²) in [7, 11) is -2.65. The minimum atomic E-state index is -2.65. The maximum absolute atomic E-state index is 6.08. The molecule has 8 heteroatoms. The zero-order chi connectivity index (χ0) is 26.9. The minimum absolute atomic E-state index is 0.224. The molecule has 0 aliphatic rings. The Morgan fingerprint density at radius 2 is 1.29 bits per heavy atom. The maximum Gasteiger partial charge on any atom is 0.500 e. The molecule has 0 saturated carbocycles. The first-order valence-corrected chi connectivity index (χ1v) is 16.0. The second-order valence-electron chi connectivity index (χ2n) is 10.4. The van der Waals surface area contributed by atoms with Crippen LogP contribution < -0.4 is 5.32 Å². The van der Waals surface area contributed by atoms with E-state index in [-0.39, 0.29) is 6.04 Å². The van der Waals surface area contributed by atoms with Crippen LogP contribution in [0.15, 0.2) is 9.98 Å². The van der Waals surface area contributed by atoms with Crippen molar-refractivity contribution in [3.63, 3.8) is 0 Å². The fourth-order valence-electron chi connectivity index (χ4n) is 4.05. The fraction of sp³-hybridized carbons (Fsp3) is 0.926. The molecular weight excluding hydrogens is 456 g/mol. The van der Waals surface area contributed by atoms with Gasteiger partial charge in [-0.15, -0.1) is 0 Å². The molecule has 35 heavy (non-hydrogen) atoms. The number of guanidine groups is 1. The third-order valence-electron chi connectivity index (χ3n) is 5.08. The Balaban J connectivity index is 5.56. The minimum Gasteiger partial charge on any atom is -0.374 e. The van der Waals surface area contributed by atoms with E-state index in [0.717, 1.165) is 50.8 Å². The largest absolute Gasteiger partial charge is 0.500 e. The van der Waals surface area contributed by atoms with E-state index >= 15 is 0 Å². The Labute approximate surface area is 218 Å². The topological polar surface area (TPSA) is 67.7 Å². The predicted molar refractivity (Wildman–Crippen MR) is 154 cm³/mol. The lowest BCUT2D eigenvalue weighted by atomic mass is 10.0. The lowest BCUT2D eigenvalue weighted by molar-refractivity contribution is 0.0703. The van der Waals surface area contributed by atoms with Crippen LogP contribution in [0.4, 0.5) is 0 Å². The van der Waals surface area contributed by atoms with Crippen LogP contribution in [0, 0.1) is 5.92 Å². The number of nitrogens with zero attached hydrogens (tertiary/aromatic N) is 3. The summed E-state index contributed by atoms with van der Waals surface area (Å²) in [5.41, 5.74) is 1.34. The van der Waals surface area contributed by atoms with Crippen LogP contribution >= 0.6 is 0 Å². The van der Waals surface area contributed by atoms with Gasteiger partial charge >= 0.3 is 8.80 Å². The van der Waals surface area contributed by atoms with Crippen molar-refractivity contribution in [1.82, 2.24) is 10.2 Å². The molecule has 0 heterocycles. The van der Waals surface area contributed by atoms with Crippen LogP contribution in [0.3, 0.4) is 0 Å². The zero-order valence-electron chi connectivity index (χ0n) is 24.9. The Bertz CT molecular complexity index is 578. The average Bonchev–Trinajstić information content (AvgIpc) is 2.71. The van der Waals surface area contributed by atoms with E-state index in [0.29, 0.717) is 37.8 Å². The third-order valence-corrected chi connectivity index (χ3v) is 8.23. The van der Waals surface area contributed by atoms with Gasteiger partial charge in [-0.3, -0.25) is 9.98 Å². The zero-order valence-corrected chi connectivity index (χ0v) is 25.9. The molecule has 0 aromatic heterocycles. The Morgan fingerprint density at radius 3 is 1.71 bits per heavy atom. The second-order valence-corrected chi connectivity index (χ2v) is 13.1. The maximum atomic E-state index is 6.08. The molecule has 0 unspecified atom stereocenters. The summed E-state index contributed by atoms with van der Waals surface area (Å²) in [6.07, 6.45) is 4.09.